The lowest BCUT2D eigenvalue weighted by Gasteiger charge is -2.12. The number of aromatic amines is 1. The number of imidazole rings is 1. The number of nitrogens with zero attached hydrogens (tertiary/aromatic N) is 1. The Labute approximate surface area is 183 Å². The van der Waals surface area contributed by atoms with Gasteiger partial charge in [0, 0.05) is 30.3 Å². The Morgan fingerprint density at radius 1 is 0.938 bits per heavy atom. The number of hydrogen-bond acceptors (Lipinski definition) is 5. The highest BCUT2D eigenvalue weighted by Crippen LogP contribution is 2.19. The number of anilines is 1. The topological polar surface area (TPSA) is 113 Å². The van der Waals surface area contributed by atoms with Crippen LogP contribution in [0.2, 0.25) is 0 Å². The summed E-state index contributed by atoms with van der Waals surface area (Å²) < 4.78 is 5.03. The van der Waals surface area contributed by atoms with Crippen LogP contribution < -0.4 is 15.4 Å². The van der Waals surface area contributed by atoms with Gasteiger partial charge in [0.15, 0.2) is 0 Å². The van der Waals surface area contributed by atoms with Gasteiger partial charge in [0.1, 0.15) is 5.75 Å². The average Bonchev–Trinajstić information content (AvgIpc) is 3.26. The van der Waals surface area contributed by atoms with Crippen LogP contribution in [-0.4, -0.2) is 27.8 Å². The molecule has 160 valence electrons. The molecule has 2 amide bonds. The molecule has 3 aromatic carbocycles. The van der Waals surface area contributed by atoms with Gasteiger partial charge in [-0.2, -0.15) is 0 Å². The number of rotatable bonds is 6. The summed E-state index contributed by atoms with van der Waals surface area (Å²) in [5, 5.41) is 5.72. The molecule has 0 fully saturated rings. The van der Waals surface area contributed by atoms with Gasteiger partial charge in [-0.3, -0.25) is 14.4 Å². The number of benzene rings is 3. The van der Waals surface area contributed by atoms with Crippen LogP contribution in [-0.2, 0) is 11.3 Å². The van der Waals surface area contributed by atoms with E-state index in [9.17, 15) is 14.4 Å². The summed E-state index contributed by atoms with van der Waals surface area (Å²) in [7, 11) is 0. The number of hydrogen-bond donors (Lipinski definition) is 3. The van der Waals surface area contributed by atoms with E-state index in [0.717, 1.165) is 16.6 Å². The minimum atomic E-state index is -0.463. The largest absolute Gasteiger partial charge is 0.427 e. The monoisotopic (exact) mass is 428 g/mol. The van der Waals surface area contributed by atoms with Crippen LogP contribution >= 0.6 is 0 Å². The van der Waals surface area contributed by atoms with Gasteiger partial charge in [-0.25, -0.2) is 4.98 Å². The number of nitrogens with one attached hydrogen (secondary N) is 3. The fourth-order valence-electron chi connectivity index (χ4n) is 3.21. The zero-order chi connectivity index (χ0) is 22.5. The lowest BCUT2D eigenvalue weighted by atomic mass is 10.1. The van der Waals surface area contributed by atoms with Crippen molar-refractivity contribution < 1.29 is 19.1 Å². The Bertz CT molecular complexity index is 1310. The van der Waals surface area contributed by atoms with Gasteiger partial charge in [0.25, 0.3) is 11.8 Å². The third-order valence-electron chi connectivity index (χ3n) is 4.75. The number of H-pyrrole nitrogens is 1. The molecule has 0 spiro atoms. The molecule has 4 aromatic rings. The standard InChI is InChI=1S/C24H20N4O4/c1-15(29)32-19-7-4-6-16(11-19)24(31)28-20-8-3-2-5-18(20)13-25-23(30)17-9-10-21-22(12-17)27-14-26-21/h2-12,14H,13H2,1H3,(H,25,30)(H,26,27)(H,28,31). The quantitative estimate of drug-likeness (QED) is 0.320. The number of para-hydroxylation sites is 1. The van der Waals surface area contributed by atoms with Crippen LogP contribution in [0.3, 0.4) is 0 Å². The molecular formula is C24H20N4O4. The van der Waals surface area contributed by atoms with E-state index in [1.807, 2.05) is 12.1 Å². The van der Waals surface area contributed by atoms with Crippen LogP contribution in [0.25, 0.3) is 11.0 Å². The van der Waals surface area contributed by atoms with Gasteiger partial charge < -0.3 is 20.4 Å². The Hall–Kier alpha value is -4.46. The minimum absolute atomic E-state index is 0.226. The molecule has 0 aliphatic heterocycles. The first kappa shape index (κ1) is 20.8. The van der Waals surface area contributed by atoms with E-state index in [-0.39, 0.29) is 18.4 Å². The lowest BCUT2D eigenvalue weighted by molar-refractivity contribution is -0.131. The van der Waals surface area contributed by atoms with Gasteiger partial charge >= 0.3 is 5.97 Å². The van der Waals surface area contributed by atoms with E-state index >= 15 is 0 Å². The number of ether oxygens (including phenoxy) is 1. The maximum absolute atomic E-state index is 12.7. The molecule has 0 saturated carbocycles. The van der Waals surface area contributed by atoms with Crippen LogP contribution in [0.4, 0.5) is 5.69 Å². The summed E-state index contributed by atoms with van der Waals surface area (Å²) >= 11 is 0. The van der Waals surface area contributed by atoms with Crippen molar-refractivity contribution in [3.05, 3.63) is 89.7 Å². The molecule has 4 rings (SSSR count). The molecule has 3 N–H and O–H groups in total. The van der Waals surface area contributed by atoms with Crippen molar-refractivity contribution in [3.63, 3.8) is 0 Å². The number of esters is 1. The fourth-order valence-corrected chi connectivity index (χ4v) is 3.21. The second-order valence-corrected chi connectivity index (χ2v) is 7.05. The molecule has 0 bridgehead atoms. The second-order valence-electron chi connectivity index (χ2n) is 7.05. The molecule has 32 heavy (non-hydrogen) atoms. The zero-order valence-corrected chi connectivity index (χ0v) is 17.2. The summed E-state index contributed by atoms with van der Waals surface area (Å²) in [5.74, 6) is -0.769. The molecule has 8 heteroatoms. The summed E-state index contributed by atoms with van der Waals surface area (Å²) in [5.41, 5.74) is 3.72. The molecule has 0 atom stereocenters. The Morgan fingerprint density at radius 3 is 2.59 bits per heavy atom. The van der Waals surface area contributed by atoms with Gasteiger partial charge in [-0.1, -0.05) is 24.3 Å². The SMILES string of the molecule is CC(=O)Oc1cccc(C(=O)Nc2ccccc2CNC(=O)c2ccc3nc[nH]c3c2)c1. The van der Waals surface area contributed by atoms with Crippen LogP contribution in [0.1, 0.15) is 33.2 Å². The summed E-state index contributed by atoms with van der Waals surface area (Å²) in [4.78, 5) is 43.6. The number of carbonyl (C=O) groups is 3. The van der Waals surface area contributed by atoms with Crippen molar-refractivity contribution >= 4 is 34.5 Å². The van der Waals surface area contributed by atoms with E-state index < -0.39 is 5.97 Å². The van der Waals surface area contributed by atoms with Gasteiger partial charge in [0.05, 0.1) is 17.4 Å². The molecule has 0 aliphatic rings. The van der Waals surface area contributed by atoms with Crippen molar-refractivity contribution in [1.29, 1.82) is 0 Å². The first-order valence-electron chi connectivity index (χ1n) is 9.88. The maximum atomic E-state index is 12.7. The average molecular weight is 428 g/mol. The summed E-state index contributed by atoms with van der Waals surface area (Å²) in [6.45, 7) is 1.52. The van der Waals surface area contributed by atoms with E-state index in [1.165, 1.54) is 13.0 Å². The number of aromatic nitrogens is 2. The van der Waals surface area contributed by atoms with Gasteiger partial charge in [-0.05, 0) is 48.0 Å². The van der Waals surface area contributed by atoms with Gasteiger partial charge in [0.2, 0.25) is 0 Å². The first-order chi connectivity index (χ1) is 15.5. The van der Waals surface area contributed by atoms with E-state index in [4.69, 9.17) is 4.74 Å². The summed E-state index contributed by atoms with van der Waals surface area (Å²) in [6, 6.07) is 18.8. The molecule has 1 heterocycles. The number of amides is 2. The van der Waals surface area contributed by atoms with E-state index in [1.54, 1.807) is 54.9 Å². The van der Waals surface area contributed by atoms with Crippen molar-refractivity contribution in [1.82, 2.24) is 15.3 Å². The Kier molecular flexibility index (Phi) is 5.94. The normalized spacial score (nSPS) is 10.5. The minimum Gasteiger partial charge on any atom is -0.427 e. The Balaban J connectivity index is 1.45. The molecule has 1 aromatic heterocycles. The summed E-state index contributed by atoms with van der Waals surface area (Å²) in [6.07, 6.45) is 1.58. The molecular weight excluding hydrogens is 408 g/mol. The Morgan fingerprint density at radius 2 is 1.75 bits per heavy atom. The third kappa shape index (κ3) is 4.81. The van der Waals surface area contributed by atoms with Crippen LogP contribution in [0.5, 0.6) is 5.75 Å². The van der Waals surface area contributed by atoms with Gasteiger partial charge in [-0.15, -0.1) is 0 Å². The van der Waals surface area contributed by atoms with Crippen LogP contribution in [0.15, 0.2) is 73.1 Å². The maximum Gasteiger partial charge on any atom is 0.308 e. The molecule has 0 unspecified atom stereocenters. The van der Waals surface area contributed by atoms with Crippen molar-refractivity contribution in [2.24, 2.45) is 0 Å². The molecule has 0 saturated heterocycles. The number of fused-ring (bicyclic) bond motifs is 1. The van der Waals surface area contributed by atoms with Crippen molar-refractivity contribution in [2.75, 3.05) is 5.32 Å². The highest BCUT2D eigenvalue weighted by molar-refractivity contribution is 6.05. The predicted molar refractivity (Wildman–Crippen MR) is 119 cm³/mol. The highest BCUT2D eigenvalue weighted by Gasteiger charge is 2.12. The van der Waals surface area contributed by atoms with E-state index in [0.29, 0.717) is 22.6 Å². The third-order valence-corrected chi connectivity index (χ3v) is 4.75. The first-order valence-corrected chi connectivity index (χ1v) is 9.88. The molecule has 8 nitrogen and oxygen atoms in total. The lowest BCUT2D eigenvalue weighted by Crippen LogP contribution is -2.24. The zero-order valence-electron chi connectivity index (χ0n) is 17.2. The highest BCUT2D eigenvalue weighted by atomic mass is 16.5. The molecule has 0 aliphatic carbocycles. The molecule has 0 radical (unpaired) electrons. The van der Waals surface area contributed by atoms with Crippen LogP contribution in [0, 0.1) is 0 Å². The predicted octanol–water partition coefficient (Wildman–Crippen LogP) is 3.67. The smallest absolute Gasteiger partial charge is 0.308 e. The van der Waals surface area contributed by atoms with Crippen molar-refractivity contribution in [3.8, 4) is 5.75 Å². The second kappa shape index (κ2) is 9.13. The number of carbonyl (C=O) groups excluding carboxylic acids is 3. The van der Waals surface area contributed by atoms with E-state index in [2.05, 4.69) is 20.6 Å². The fraction of sp³-hybridized carbons (Fsp3) is 0.0833. The van der Waals surface area contributed by atoms with Crippen molar-refractivity contribution in [2.45, 2.75) is 13.5 Å².